The van der Waals surface area contributed by atoms with E-state index in [1.807, 2.05) is 37.3 Å². The Hall–Kier alpha value is -3.48. The van der Waals surface area contributed by atoms with Crippen LogP contribution in [0.4, 0.5) is 5.69 Å². The van der Waals surface area contributed by atoms with Crippen LogP contribution in [0.3, 0.4) is 0 Å². The molecular weight excluding hydrogens is 330 g/mol. The summed E-state index contributed by atoms with van der Waals surface area (Å²) in [6.07, 6.45) is 0. The molecule has 0 spiro atoms. The van der Waals surface area contributed by atoms with E-state index in [0.717, 1.165) is 11.1 Å². The molecule has 4 aromatic rings. The highest BCUT2D eigenvalue weighted by molar-refractivity contribution is 5.86. The van der Waals surface area contributed by atoms with E-state index in [0.29, 0.717) is 16.7 Å². The monoisotopic (exact) mass is 347 g/mol. The lowest BCUT2D eigenvalue weighted by molar-refractivity contribution is 0.583. The highest BCUT2D eigenvalue weighted by atomic mass is 16.2. The number of nitrogens with two attached hydrogens (primary N) is 1. The summed E-state index contributed by atoms with van der Waals surface area (Å²) in [4.78, 5) is 37.0. The fourth-order valence-electron chi connectivity index (χ4n) is 3.06. The number of H-pyrrole nitrogens is 1. The minimum atomic E-state index is -0.521. The molecule has 26 heavy (non-hydrogen) atoms. The van der Waals surface area contributed by atoms with E-state index in [1.54, 1.807) is 19.1 Å². The molecule has 0 radical (unpaired) electrons. The smallest absolute Gasteiger partial charge is 0.330 e. The number of rotatable bonds is 2. The number of nitrogens with zero attached hydrogens (tertiary/aromatic N) is 3. The first-order valence-electron chi connectivity index (χ1n) is 8.23. The van der Waals surface area contributed by atoms with Gasteiger partial charge in [0.05, 0.1) is 17.1 Å². The van der Waals surface area contributed by atoms with Crippen molar-refractivity contribution in [2.45, 2.75) is 19.9 Å². The Morgan fingerprint density at radius 2 is 1.77 bits per heavy atom. The molecule has 2 heterocycles. The molecule has 0 fully saturated rings. The van der Waals surface area contributed by atoms with Gasteiger partial charge >= 0.3 is 5.69 Å². The van der Waals surface area contributed by atoms with Crippen molar-refractivity contribution in [3.63, 3.8) is 0 Å². The van der Waals surface area contributed by atoms with Crippen molar-refractivity contribution in [2.24, 2.45) is 0 Å². The zero-order valence-corrected chi connectivity index (χ0v) is 14.4. The Kier molecular flexibility index (Phi) is 3.57. The summed E-state index contributed by atoms with van der Waals surface area (Å²) in [5.41, 5.74) is 8.60. The molecule has 7 nitrogen and oxygen atoms in total. The lowest BCUT2D eigenvalue weighted by Gasteiger charge is -2.14. The fourth-order valence-corrected chi connectivity index (χ4v) is 3.06. The van der Waals surface area contributed by atoms with Gasteiger partial charge in [-0.05, 0) is 37.1 Å². The molecule has 2 aromatic carbocycles. The molecule has 0 aliphatic carbocycles. The Balaban J connectivity index is 2.01. The van der Waals surface area contributed by atoms with Crippen molar-refractivity contribution in [1.82, 2.24) is 19.5 Å². The second-order valence-corrected chi connectivity index (χ2v) is 6.31. The predicted molar refractivity (Wildman–Crippen MR) is 101 cm³/mol. The van der Waals surface area contributed by atoms with Gasteiger partial charge < -0.3 is 5.73 Å². The summed E-state index contributed by atoms with van der Waals surface area (Å²) in [7, 11) is 0. The second-order valence-electron chi connectivity index (χ2n) is 6.31. The van der Waals surface area contributed by atoms with E-state index in [-0.39, 0.29) is 11.2 Å². The van der Waals surface area contributed by atoms with Crippen LogP contribution in [0.1, 0.15) is 24.1 Å². The van der Waals surface area contributed by atoms with Gasteiger partial charge in [-0.3, -0.25) is 14.3 Å². The van der Waals surface area contributed by atoms with Gasteiger partial charge in [-0.1, -0.05) is 30.3 Å². The molecular formula is C19H17N5O2. The number of hydrogen-bond donors (Lipinski definition) is 2. The Labute approximate surface area is 148 Å². The van der Waals surface area contributed by atoms with Crippen molar-refractivity contribution in [3.8, 4) is 0 Å². The SMILES string of the molecule is Cc1cc2nc3c(=O)n(C(C)c4ccccc4)c(=O)[nH]c3nc2cc1N. The minimum Gasteiger partial charge on any atom is -0.398 e. The van der Waals surface area contributed by atoms with E-state index in [2.05, 4.69) is 15.0 Å². The first-order chi connectivity index (χ1) is 12.5. The van der Waals surface area contributed by atoms with E-state index in [4.69, 9.17) is 5.73 Å². The number of nitrogens with one attached hydrogen (secondary N) is 1. The van der Waals surface area contributed by atoms with Crippen molar-refractivity contribution < 1.29 is 0 Å². The van der Waals surface area contributed by atoms with E-state index in [9.17, 15) is 9.59 Å². The molecule has 0 bridgehead atoms. The largest absolute Gasteiger partial charge is 0.398 e. The normalized spacial score (nSPS) is 12.5. The third kappa shape index (κ3) is 2.45. The highest BCUT2D eigenvalue weighted by Gasteiger charge is 2.17. The van der Waals surface area contributed by atoms with Crippen molar-refractivity contribution in [2.75, 3.05) is 5.73 Å². The summed E-state index contributed by atoms with van der Waals surface area (Å²) in [6, 6.07) is 12.4. The molecule has 0 aliphatic rings. The van der Waals surface area contributed by atoms with Gasteiger partial charge in [0.2, 0.25) is 0 Å². The molecule has 7 heteroatoms. The molecule has 2 aromatic heterocycles. The number of aryl methyl sites for hydroxylation is 1. The number of fused-ring (bicyclic) bond motifs is 2. The Morgan fingerprint density at radius 1 is 1.08 bits per heavy atom. The maximum absolute atomic E-state index is 13.0. The number of hydrogen-bond acceptors (Lipinski definition) is 5. The summed E-state index contributed by atoms with van der Waals surface area (Å²) >= 11 is 0. The van der Waals surface area contributed by atoms with Crippen LogP contribution < -0.4 is 17.0 Å². The van der Waals surface area contributed by atoms with Crippen LogP contribution in [0.2, 0.25) is 0 Å². The van der Waals surface area contributed by atoms with Gasteiger partial charge in [-0.15, -0.1) is 0 Å². The first-order valence-corrected chi connectivity index (χ1v) is 8.23. The molecule has 0 amide bonds. The van der Waals surface area contributed by atoms with Gasteiger partial charge in [-0.2, -0.15) is 0 Å². The van der Waals surface area contributed by atoms with Gasteiger partial charge in [0, 0.05) is 5.69 Å². The number of nitrogen functional groups attached to an aromatic ring is 1. The van der Waals surface area contributed by atoms with Crippen LogP contribution in [0.25, 0.3) is 22.2 Å². The average Bonchev–Trinajstić information content (AvgIpc) is 2.62. The maximum Gasteiger partial charge on any atom is 0.330 e. The van der Waals surface area contributed by atoms with Crippen LogP contribution >= 0.6 is 0 Å². The topological polar surface area (TPSA) is 107 Å². The maximum atomic E-state index is 13.0. The third-order valence-corrected chi connectivity index (χ3v) is 4.59. The standard InChI is InChI=1S/C19H17N5O2/c1-10-8-14-15(9-13(10)20)22-17-16(21-14)18(25)24(19(26)23-17)11(2)12-6-4-3-5-7-12/h3-9,11H,20H2,1-2H3,(H,22,23,26). The van der Waals surface area contributed by atoms with E-state index >= 15 is 0 Å². The highest BCUT2D eigenvalue weighted by Crippen LogP contribution is 2.20. The molecule has 4 rings (SSSR count). The summed E-state index contributed by atoms with van der Waals surface area (Å²) in [5.74, 6) is 0. The fraction of sp³-hybridized carbons (Fsp3) is 0.158. The zero-order valence-electron chi connectivity index (χ0n) is 14.4. The van der Waals surface area contributed by atoms with Crippen LogP contribution in [-0.4, -0.2) is 19.5 Å². The third-order valence-electron chi connectivity index (χ3n) is 4.59. The zero-order chi connectivity index (χ0) is 18.4. The van der Waals surface area contributed by atoms with Gasteiger partial charge in [0.15, 0.2) is 11.2 Å². The lowest BCUT2D eigenvalue weighted by Crippen LogP contribution is -2.38. The summed E-state index contributed by atoms with van der Waals surface area (Å²) in [5, 5.41) is 0. The Morgan fingerprint density at radius 3 is 2.50 bits per heavy atom. The van der Waals surface area contributed by atoms with Crippen molar-refractivity contribution in [3.05, 3.63) is 74.4 Å². The Bertz CT molecular complexity index is 1260. The second kappa shape index (κ2) is 5.80. The molecule has 1 unspecified atom stereocenters. The van der Waals surface area contributed by atoms with Gasteiger partial charge in [0.25, 0.3) is 5.56 Å². The van der Waals surface area contributed by atoms with Crippen molar-refractivity contribution in [1.29, 1.82) is 0 Å². The van der Waals surface area contributed by atoms with Crippen LogP contribution in [-0.2, 0) is 0 Å². The molecule has 130 valence electrons. The number of anilines is 1. The minimum absolute atomic E-state index is 0.129. The molecule has 1 atom stereocenters. The lowest BCUT2D eigenvalue weighted by atomic mass is 10.1. The number of aromatic amines is 1. The number of benzene rings is 2. The predicted octanol–water partition coefficient (Wildman–Crippen LogP) is 2.13. The quantitative estimate of drug-likeness (QED) is 0.427. The summed E-state index contributed by atoms with van der Waals surface area (Å²) in [6.45, 7) is 3.67. The average molecular weight is 347 g/mol. The molecule has 0 saturated carbocycles. The van der Waals surface area contributed by atoms with Gasteiger partial charge in [-0.25, -0.2) is 14.8 Å². The number of aromatic nitrogens is 4. The van der Waals surface area contributed by atoms with Crippen LogP contribution in [0.5, 0.6) is 0 Å². The molecule has 0 aliphatic heterocycles. The summed E-state index contributed by atoms with van der Waals surface area (Å²) < 4.78 is 1.17. The molecule has 0 saturated heterocycles. The van der Waals surface area contributed by atoms with Crippen LogP contribution in [0, 0.1) is 6.92 Å². The first kappa shape index (κ1) is 16.0. The molecule has 3 N–H and O–H groups in total. The van der Waals surface area contributed by atoms with Gasteiger partial charge in [0.1, 0.15) is 0 Å². The van der Waals surface area contributed by atoms with Crippen LogP contribution in [0.15, 0.2) is 52.1 Å². The van der Waals surface area contributed by atoms with E-state index in [1.165, 1.54) is 4.57 Å². The van der Waals surface area contributed by atoms with Crippen molar-refractivity contribution >= 4 is 27.9 Å². The van der Waals surface area contributed by atoms with E-state index < -0.39 is 17.3 Å².